The summed E-state index contributed by atoms with van der Waals surface area (Å²) in [5.41, 5.74) is 4.97. The monoisotopic (exact) mass is 452 g/mol. The van der Waals surface area contributed by atoms with E-state index in [1.807, 2.05) is 47.3 Å². The fourth-order valence-corrected chi connectivity index (χ4v) is 4.54. The molecule has 0 aliphatic carbocycles. The summed E-state index contributed by atoms with van der Waals surface area (Å²) in [5, 5.41) is 0. The molecule has 4 rings (SSSR count). The van der Waals surface area contributed by atoms with Gasteiger partial charge in [-0.05, 0) is 23.0 Å². The van der Waals surface area contributed by atoms with E-state index in [1.54, 1.807) is 7.05 Å². The minimum absolute atomic E-state index is 0.334. The fraction of sp³-hybridized carbons (Fsp3) is 0.320. The third-order valence-corrected chi connectivity index (χ3v) is 6.96. The molecule has 0 bridgehead atoms. The Morgan fingerprint density at radius 2 is 1.53 bits per heavy atom. The molecule has 6 nitrogen and oxygen atoms in total. The van der Waals surface area contributed by atoms with E-state index >= 15 is 0 Å². The average molecular weight is 453 g/mol. The van der Waals surface area contributed by atoms with E-state index in [-0.39, 0.29) is 0 Å². The molecule has 7 heteroatoms. The molecule has 0 saturated heterocycles. The fourth-order valence-electron chi connectivity index (χ4n) is 4.05. The van der Waals surface area contributed by atoms with Crippen LogP contribution in [0.15, 0.2) is 65.5 Å². The lowest BCUT2D eigenvalue weighted by Crippen LogP contribution is -2.34. The second-order valence-electron chi connectivity index (χ2n) is 8.81. The number of hydrogen-bond donors (Lipinski definition) is 0. The predicted octanol–water partition coefficient (Wildman–Crippen LogP) is 5.12. The maximum Gasteiger partial charge on any atom is 0.300 e. The van der Waals surface area contributed by atoms with Crippen LogP contribution in [0.4, 0.5) is 5.82 Å². The number of imidazole rings is 1. The number of para-hydroxylation sites is 1. The Labute approximate surface area is 189 Å². The summed E-state index contributed by atoms with van der Waals surface area (Å²) in [7, 11) is -1.95. The first kappa shape index (κ1) is 22.1. The lowest BCUT2D eigenvalue weighted by molar-refractivity contribution is -0.499. The zero-order valence-electron chi connectivity index (χ0n) is 19.4. The lowest BCUT2D eigenvalue weighted by Gasteiger charge is -2.17. The third kappa shape index (κ3) is 3.81. The second kappa shape index (κ2) is 8.13. The van der Waals surface area contributed by atoms with Gasteiger partial charge in [-0.2, -0.15) is 17.1 Å². The quantitative estimate of drug-likeness (QED) is 0.382. The number of fused-ring (bicyclic) bond motifs is 1. The topological polar surface area (TPSA) is 59.6 Å². The van der Waals surface area contributed by atoms with Gasteiger partial charge in [0, 0.05) is 5.56 Å². The van der Waals surface area contributed by atoms with Crippen molar-refractivity contribution in [2.24, 2.45) is 0 Å². The highest BCUT2D eigenvalue weighted by Crippen LogP contribution is 2.34. The molecule has 0 unspecified atom stereocenters. The minimum Gasteiger partial charge on any atom is -0.419 e. The first-order chi connectivity index (χ1) is 15.1. The molecule has 0 fully saturated rings. The molecular weight excluding hydrogens is 422 g/mol. The van der Waals surface area contributed by atoms with Crippen molar-refractivity contribution in [3.05, 3.63) is 72.2 Å². The van der Waals surface area contributed by atoms with Crippen molar-refractivity contribution in [1.29, 1.82) is 0 Å². The molecule has 0 spiro atoms. The molecule has 0 aliphatic rings. The molecule has 2 aromatic heterocycles. The smallest absolute Gasteiger partial charge is 0.300 e. The van der Waals surface area contributed by atoms with Gasteiger partial charge >= 0.3 is 0 Å². The molecule has 2 aromatic carbocycles. The van der Waals surface area contributed by atoms with Crippen LogP contribution in [0.25, 0.3) is 22.7 Å². The summed E-state index contributed by atoms with van der Waals surface area (Å²) in [5.74, 6) is 1.66. The van der Waals surface area contributed by atoms with Crippen LogP contribution in [0.3, 0.4) is 0 Å². The highest BCUT2D eigenvalue weighted by Gasteiger charge is 2.32. The van der Waals surface area contributed by atoms with Crippen LogP contribution in [0.5, 0.6) is 0 Å². The van der Waals surface area contributed by atoms with Gasteiger partial charge in [0.1, 0.15) is 11.9 Å². The maximum absolute atomic E-state index is 12.5. The van der Waals surface area contributed by atoms with Crippen molar-refractivity contribution in [2.75, 3.05) is 17.6 Å². The summed E-state index contributed by atoms with van der Waals surface area (Å²) in [4.78, 5) is 0. The molecule has 0 amide bonds. The summed E-state index contributed by atoms with van der Waals surface area (Å²) >= 11 is 0. The van der Waals surface area contributed by atoms with E-state index in [4.69, 9.17) is 4.42 Å². The molecule has 0 radical (unpaired) electrons. The van der Waals surface area contributed by atoms with Gasteiger partial charge in [-0.1, -0.05) is 76.2 Å². The van der Waals surface area contributed by atoms with Gasteiger partial charge in [0.15, 0.2) is 0 Å². The number of oxazole rings is 1. The largest absolute Gasteiger partial charge is 0.419 e. The molecule has 0 atom stereocenters. The zero-order chi connectivity index (χ0) is 23.2. The number of benzene rings is 2. The third-order valence-electron chi connectivity index (χ3n) is 5.80. The highest BCUT2D eigenvalue weighted by molar-refractivity contribution is 7.92. The van der Waals surface area contributed by atoms with Gasteiger partial charge in [0.2, 0.25) is 12.1 Å². The second-order valence-corrected chi connectivity index (χ2v) is 10.8. The van der Waals surface area contributed by atoms with Crippen LogP contribution >= 0.6 is 0 Å². The summed E-state index contributed by atoms with van der Waals surface area (Å²) < 4.78 is 36.3. The molecule has 0 saturated carbocycles. The maximum atomic E-state index is 12.5. The lowest BCUT2D eigenvalue weighted by atomic mass is 9.92. The van der Waals surface area contributed by atoms with Gasteiger partial charge in [0.25, 0.3) is 21.6 Å². The van der Waals surface area contributed by atoms with Gasteiger partial charge < -0.3 is 4.42 Å². The molecular formula is C25H30N3O3S+. The Morgan fingerprint density at radius 3 is 2.06 bits per heavy atom. The minimum atomic E-state index is -3.50. The van der Waals surface area contributed by atoms with Crippen molar-refractivity contribution in [1.82, 2.24) is 4.57 Å². The Morgan fingerprint density at radius 1 is 0.938 bits per heavy atom. The van der Waals surface area contributed by atoms with E-state index in [1.165, 1.54) is 21.7 Å². The van der Waals surface area contributed by atoms with E-state index < -0.39 is 10.0 Å². The van der Waals surface area contributed by atoms with E-state index in [0.717, 1.165) is 11.3 Å². The molecule has 4 aromatic rings. The molecule has 0 aliphatic heterocycles. The van der Waals surface area contributed by atoms with Crippen molar-refractivity contribution >= 4 is 21.6 Å². The predicted molar refractivity (Wildman–Crippen MR) is 128 cm³/mol. The SMILES string of the molecule is CC(C)c1cccc(C(C)C)c1-n1cc2oc(-c3ccccc3)c(N(C)S(C)(=O)=O)[n+]2c1. The van der Waals surface area contributed by atoms with E-state index in [0.29, 0.717) is 29.1 Å². The van der Waals surface area contributed by atoms with Gasteiger partial charge in [0.05, 0.1) is 13.3 Å². The number of nitrogens with zero attached hydrogens (tertiary/aromatic N) is 3. The summed E-state index contributed by atoms with van der Waals surface area (Å²) in [6.07, 6.45) is 5.04. The highest BCUT2D eigenvalue weighted by atomic mass is 32.2. The first-order valence-electron chi connectivity index (χ1n) is 10.8. The Kier molecular flexibility index (Phi) is 5.63. The molecule has 0 N–H and O–H groups in total. The number of sulfonamides is 1. The Balaban J connectivity index is 2.01. The zero-order valence-corrected chi connectivity index (χ0v) is 20.2. The summed E-state index contributed by atoms with van der Waals surface area (Å²) in [6, 6.07) is 16.0. The Hall–Kier alpha value is -3.06. The molecule has 168 valence electrons. The van der Waals surface area contributed by atoms with E-state index in [9.17, 15) is 8.42 Å². The summed E-state index contributed by atoms with van der Waals surface area (Å²) in [6.45, 7) is 8.72. The van der Waals surface area contributed by atoms with Crippen LogP contribution in [0.2, 0.25) is 0 Å². The van der Waals surface area contributed by atoms with Gasteiger partial charge in [-0.25, -0.2) is 4.57 Å². The average Bonchev–Trinajstić information content (AvgIpc) is 3.30. The standard InChI is InChI=1S/C25H30N3O3S/c1-17(2)20-13-10-14-21(18(3)4)23(20)27-15-22-28(16-27)25(26(5)32(6,29)30)24(31-22)19-11-8-7-9-12-19/h7-18H,1-6H3/q+1. The van der Waals surface area contributed by atoms with Crippen LogP contribution in [-0.4, -0.2) is 26.3 Å². The van der Waals surface area contributed by atoms with Gasteiger partial charge in [-0.3, -0.25) is 0 Å². The number of aromatic nitrogens is 2. The molecule has 2 heterocycles. The normalized spacial score (nSPS) is 12.2. The Bertz CT molecular complexity index is 1340. The first-order valence-corrected chi connectivity index (χ1v) is 12.6. The van der Waals surface area contributed by atoms with Crippen molar-refractivity contribution < 1.29 is 17.2 Å². The molecule has 32 heavy (non-hydrogen) atoms. The van der Waals surface area contributed by atoms with Crippen molar-refractivity contribution in [2.45, 2.75) is 39.5 Å². The number of hydrogen-bond acceptors (Lipinski definition) is 3. The van der Waals surface area contributed by atoms with Gasteiger partial charge in [-0.15, -0.1) is 0 Å². The number of rotatable bonds is 6. The van der Waals surface area contributed by atoms with Crippen LogP contribution in [-0.2, 0) is 10.0 Å². The van der Waals surface area contributed by atoms with Crippen molar-refractivity contribution in [3.63, 3.8) is 0 Å². The van der Waals surface area contributed by atoms with Crippen molar-refractivity contribution in [3.8, 4) is 17.0 Å². The van der Waals surface area contributed by atoms with Crippen LogP contribution in [0.1, 0.15) is 50.7 Å². The van der Waals surface area contributed by atoms with Crippen LogP contribution in [0, 0.1) is 0 Å². The van der Waals surface area contributed by atoms with Crippen LogP contribution < -0.4 is 8.71 Å². The number of anilines is 1. The van der Waals surface area contributed by atoms with E-state index in [2.05, 4.69) is 50.5 Å².